The van der Waals surface area contributed by atoms with Crippen molar-refractivity contribution in [2.75, 3.05) is 13.1 Å². The molecule has 0 bridgehead atoms. The molecule has 1 saturated heterocycles. The van der Waals surface area contributed by atoms with Crippen molar-refractivity contribution in [1.82, 2.24) is 9.88 Å². The predicted octanol–water partition coefficient (Wildman–Crippen LogP) is 0.923. The highest BCUT2D eigenvalue weighted by Gasteiger charge is 2.51. The van der Waals surface area contributed by atoms with E-state index in [0.717, 1.165) is 11.1 Å². The van der Waals surface area contributed by atoms with Gasteiger partial charge in [0.2, 0.25) is 5.56 Å². The Labute approximate surface area is 145 Å². The number of aromatic amines is 1. The van der Waals surface area contributed by atoms with Gasteiger partial charge in [-0.05, 0) is 30.0 Å². The number of aromatic nitrogens is 1. The molecule has 1 aromatic carbocycles. The normalized spacial score (nSPS) is 24.3. The third-order valence-electron chi connectivity index (χ3n) is 5.74. The van der Waals surface area contributed by atoms with E-state index in [1.165, 1.54) is 12.3 Å². The maximum Gasteiger partial charge on any atom is 0.255 e. The van der Waals surface area contributed by atoms with Gasteiger partial charge >= 0.3 is 0 Å². The van der Waals surface area contributed by atoms with E-state index in [4.69, 9.17) is 5.73 Å². The Morgan fingerprint density at radius 1 is 1.20 bits per heavy atom. The van der Waals surface area contributed by atoms with Crippen LogP contribution in [0.2, 0.25) is 0 Å². The molecule has 1 aromatic heterocycles. The lowest BCUT2D eigenvalue weighted by atomic mass is 9.72. The van der Waals surface area contributed by atoms with Crippen molar-refractivity contribution >= 4 is 5.91 Å². The standard InChI is InChI=1S/C19H21N3O3/c20-16-13-3-1-2-4-14(13)19(17(16)24)7-9-22(10-8-19)18(25)12-5-6-15(23)21-11-12/h1-6,11,16-17,24H,7-10,20H2,(H,21,23)/t16-,17+/m0/s1. The van der Waals surface area contributed by atoms with E-state index in [9.17, 15) is 14.7 Å². The highest BCUT2D eigenvalue weighted by atomic mass is 16.3. The van der Waals surface area contributed by atoms with Crippen LogP contribution in [0.5, 0.6) is 0 Å². The van der Waals surface area contributed by atoms with Crippen LogP contribution < -0.4 is 11.3 Å². The molecule has 6 nitrogen and oxygen atoms in total. The Balaban J connectivity index is 1.56. The zero-order valence-electron chi connectivity index (χ0n) is 13.8. The van der Waals surface area contributed by atoms with Crippen molar-refractivity contribution in [3.8, 4) is 0 Å². The van der Waals surface area contributed by atoms with E-state index in [1.54, 1.807) is 11.0 Å². The molecule has 2 atom stereocenters. The quantitative estimate of drug-likeness (QED) is 0.719. The summed E-state index contributed by atoms with van der Waals surface area (Å²) in [6.07, 6.45) is 2.17. The molecule has 0 saturated carbocycles. The number of aliphatic hydroxyl groups excluding tert-OH is 1. The molecule has 25 heavy (non-hydrogen) atoms. The predicted molar refractivity (Wildman–Crippen MR) is 93.3 cm³/mol. The number of likely N-dealkylation sites (tertiary alicyclic amines) is 1. The molecule has 2 aromatic rings. The minimum absolute atomic E-state index is 0.101. The lowest BCUT2D eigenvalue weighted by molar-refractivity contribution is 0.0262. The van der Waals surface area contributed by atoms with Gasteiger partial charge in [-0.25, -0.2) is 0 Å². The summed E-state index contributed by atoms with van der Waals surface area (Å²) < 4.78 is 0. The van der Waals surface area contributed by atoms with E-state index < -0.39 is 6.10 Å². The van der Waals surface area contributed by atoms with E-state index in [0.29, 0.717) is 31.5 Å². The monoisotopic (exact) mass is 339 g/mol. The molecule has 4 rings (SSSR count). The van der Waals surface area contributed by atoms with Crippen LogP contribution in [0.25, 0.3) is 0 Å². The summed E-state index contributed by atoms with van der Waals surface area (Å²) in [6, 6.07) is 10.5. The van der Waals surface area contributed by atoms with Crippen LogP contribution in [-0.4, -0.2) is 40.1 Å². The highest BCUT2D eigenvalue weighted by molar-refractivity contribution is 5.94. The first-order chi connectivity index (χ1) is 12.0. The number of amides is 1. The Kier molecular flexibility index (Phi) is 3.74. The van der Waals surface area contributed by atoms with Gasteiger partial charge in [0, 0.05) is 30.8 Å². The molecule has 1 amide bonds. The first-order valence-corrected chi connectivity index (χ1v) is 8.54. The molecule has 4 N–H and O–H groups in total. The van der Waals surface area contributed by atoms with Crippen molar-refractivity contribution < 1.29 is 9.90 Å². The first kappa shape index (κ1) is 16.1. The number of carbonyl (C=O) groups excluding carboxylic acids is 1. The highest BCUT2D eigenvalue weighted by Crippen LogP contribution is 2.50. The number of H-pyrrole nitrogens is 1. The van der Waals surface area contributed by atoms with Crippen LogP contribution in [0.4, 0.5) is 0 Å². The fourth-order valence-corrected chi connectivity index (χ4v) is 4.31. The van der Waals surface area contributed by atoms with Crippen LogP contribution in [-0.2, 0) is 5.41 Å². The molecule has 0 radical (unpaired) electrons. The minimum atomic E-state index is -0.629. The first-order valence-electron chi connectivity index (χ1n) is 8.54. The molecule has 6 heteroatoms. The van der Waals surface area contributed by atoms with Crippen molar-refractivity contribution in [3.05, 3.63) is 69.6 Å². The van der Waals surface area contributed by atoms with Crippen molar-refractivity contribution in [1.29, 1.82) is 0 Å². The minimum Gasteiger partial charge on any atom is -0.390 e. The van der Waals surface area contributed by atoms with Gasteiger partial charge in [-0.2, -0.15) is 0 Å². The van der Waals surface area contributed by atoms with Gasteiger partial charge < -0.3 is 20.7 Å². The SMILES string of the molecule is N[C@H]1c2ccccc2C2(CCN(C(=O)c3ccc(=O)[nH]c3)CC2)[C@@H]1O. The Bertz CT molecular complexity index is 848. The van der Waals surface area contributed by atoms with Gasteiger partial charge in [0.05, 0.1) is 17.7 Å². The lowest BCUT2D eigenvalue weighted by Crippen LogP contribution is -2.50. The second-order valence-electron chi connectivity index (χ2n) is 6.95. The van der Waals surface area contributed by atoms with Crippen LogP contribution >= 0.6 is 0 Å². The van der Waals surface area contributed by atoms with Gasteiger partial charge in [0.25, 0.3) is 5.91 Å². The second-order valence-corrected chi connectivity index (χ2v) is 6.95. The smallest absolute Gasteiger partial charge is 0.255 e. The number of nitrogens with zero attached hydrogens (tertiary/aromatic N) is 1. The van der Waals surface area contributed by atoms with Gasteiger partial charge in [-0.15, -0.1) is 0 Å². The Morgan fingerprint density at radius 3 is 2.60 bits per heavy atom. The van der Waals surface area contributed by atoms with Gasteiger partial charge in [-0.1, -0.05) is 24.3 Å². The molecular formula is C19H21N3O3. The number of nitrogens with one attached hydrogen (secondary N) is 1. The molecule has 1 fully saturated rings. The summed E-state index contributed by atoms with van der Waals surface area (Å²) in [5, 5.41) is 10.8. The van der Waals surface area contributed by atoms with Crippen LogP contribution in [0.3, 0.4) is 0 Å². The summed E-state index contributed by atoms with van der Waals surface area (Å²) in [4.78, 5) is 28.1. The number of pyridine rings is 1. The zero-order valence-corrected chi connectivity index (χ0v) is 13.8. The van der Waals surface area contributed by atoms with E-state index in [2.05, 4.69) is 4.98 Å². The number of rotatable bonds is 1. The number of hydrogen-bond acceptors (Lipinski definition) is 4. The molecule has 130 valence electrons. The summed E-state index contributed by atoms with van der Waals surface area (Å²) in [6.45, 7) is 1.10. The molecular weight excluding hydrogens is 318 g/mol. The number of aliphatic hydroxyl groups is 1. The summed E-state index contributed by atoms with van der Waals surface area (Å²) in [5.41, 5.74) is 8.22. The lowest BCUT2D eigenvalue weighted by Gasteiger charge is -2.42. The number of nitrogens with two attached hydrogens (primary N) is 1. The second kappa shape index (κ2) is 5.82. The average Bonchev–Trinajstić information content (AvgIpc) is 2.85. The van der Waals surface area contributed by atoms with Crippen molar-refractivity contribution in [3.63, 3.8) is 0 Å². The molecule has 1 aliphatic carbocycles. The third kappa shape index (κ3) is 2.41. The fraction of sp³-hybridized carbons (Fsp3) is 0.368. The number of carbonyl (C=O) groups is 1. The summed E-state index contributed by atoms with van der Waals surface area (Å²) in [7, 11) is 0. The third-order valence-corrected chi connectivity index (χ3v) is 5.74. The van der Waals surface area contributed by atoms with Gasteiger partial charge in [0.1, 0.15) is 0 Å². The number of fused-ring (bicyclic) bond motifs is 2. The zero-order chi connectivity index (χ0) is 17.6. The van der Waals surface area contributed by atoms with Crippen LogP contribution in [0.15, 0.2) is 47.4 Å². The maximum absolute atomic E-state index is 12.6. The molecule has 1 spiro atoms. The summed E-state index contributed by atoms with van der Waals surface area (Å²) >= 11 is 0. The summed E-state index contributed by atoms with van der Waals surface area (Å²) in [5.74, 6) is -0.101. The van der Waals surface area contributed by atoms with Crippen molar-refractivity contribution in [2.45, 2.75) is 30.4 Å². The topological polar surface area (TPSA) is 99.4 Å². The van der Waals surface area contributed by atoms with E-state index in [-0.39, 0.29) is 22.9 Å². The Morgan fingerprint density at radius 2 is 1.92 bits per heavy atom. The molecule has 0 unspecified atom stereocenters. The van der Waals surface area contributed by atoms with Gasteiger partial charge in [-0.3, -0.25) is 9.59 Å². The number of piperidine rings is 1. The average molecular weight is 339 g/mol. The molecule has 1 aliphatic heterocycles. The Hall–Kier alpha value is -2.44. The van der Waals surface area contributed by atoms with Crippen LogP contribution in [0, 0.1) is 0 Å². The number of benzene rings is 1. The molecule has 2 aliphatic rings. The largest absolute Gasteiger partial charge is 0.390 e. The maximum atomic E-state index is 12.6. The van der Waals surface area contributed by atoms with Crippen LogP contribution in [0.1, 0.15) is 40.4 Å². The van der Waals surface area contributed by atoms with Gasteiger partial charge in [0.15, 0.2) is 0 Å². The van der Waals surface area contributed by atoms with E-state index in [1.807, 2.05) is 24.3 Å². The fourth-order valence-electron chi connectivity index (χ4n) is 4.31. The number of hydrogen-bond donors (Lipinski definition) is 3. The van der Waals surface area contributed by atoms with Crippen molar-refractivity contribution in [2.24, 2.45) is 5.73 Å². The van der Waals surface area contributed by atoms with E-state index >= 15 is 0 Å². The molecule has 2 heterocycles.